The summed E-state index contributed by atoms with van der Waals surface area (Å²) < 4.78 is 0. The van der Waals surface area contributed by atoms with Crippen LogP contribution in [-0.4, -0.2) is 50.0 Å². The van der Waals surface area contributed by atoms with Gasteiger partial charge in [0.05, 0.1) is 0 Å². The van der Waals surface area contributed by atoms with Crippen molar-refractivity contribution in [1.82, 2.24) is 10.2 Å². The van der Waals surface area contributed by atoms with Crippen molar-refractivity contribution in [3.05, 3.63) is 0 Å². The Bertz CT molecular complexity index is 134. The van der Waals surface area contributed by atoms with E-state index in [0.29, 0.717) is 13.0 Å². The van der Waals surface area contributed by atoms with Gasteiger partial charge >= 0.3 is 0 Å². The summed E-state index contributed by atoms with van der Waals surface area (Å²) in [5.41, 5.74) is 5.57. The van der Waals surface area contributed by atoms with Crippen LogP contribution in [0.25, 0.3) is 0 Å². The zero-order valence-electron chi connectivity index (χ0n) is 7.33. The summed E-state index contributed by atoms with van der Waals surface area (Å²) in [7, 11) is 0. The molecular formula is C8H17N3O. The van der Waals surface area contributed by atoms with Gasteiger partial charge in [0.1, 0.15) is 6.29 Å². The molecule has 0 spiro atoms. The van der Waals surface area contributed by atoms with E-state index in [1.165, 1.54) is 0 Å². The molecule has 1 saturated heterocycles. The zero-order chi connectivity index (χ0) is 8.81. The Morgan fingerprint density at radius 1 is 1.50 bits per heavy atom. The van der Waals surface area contributed by atoms with Crippen molar-refractivity contribution >= 4 is 6.29 Å². The number of hydrogen-bond donors (Lipinski definition) is 2. The van der Waals surface area contributed by atoms with Crippen LogP contribution in [0.1, 0.15) is 6.42 Å². The molecule has 1 aliphatic rings. The number of hydrogen-bond acceptors (Lipinski definition) is 4. The number of aldehydes is 1. The smallest absolute Gasteiger partial charge is 0.121 e. The molecule has 70 valence electrons. The molecule has 0 bridgehead atoms. The average Bonchev–Trinajstić information content (AvgIpc) is 2.15. The van der Waals surface area contributed by atoms with Crippen molar-refractivity contribution in [1.29, 1.82) is 0 Å². The molecule has 3 N–H and O–H groups in total. The van der Waals surface area contributed by atoms with Crippen LogP contribution in [0.3, 0.4) is 0 Å². The predicted molar refractivity (Wildman–Crippen MR) is 48.0 cm³/mol. The van der Waals surface area contributed by atoms with Gasteiger partial charge in [0.25, 0.3) is 0 Å². The lowest BCUT2D eigenvalue weighted by atomic mass is 10.1. The SMILES string of the molecule is NCC(CC=O)N1CCNCC1. The third-order valence-electron chi connectivity index (χ3n) is 2.31. The molecule has 1 rings (SSSR count). The van der Waals surface area contributed by atoms with E-state index in [0.717, 1.165) is 32.5 Å². The molecule has 0 aromatic heterocycles. The van der Waals surface area contributed by atoms with Crippen molar-refractivity contribution in [3.8, 4) is 0 Å². The van der Waals surface area contributed by atoms with Crippen molar-refractivity contribution in [3.63, 3.8) is 0 Å². The van der Waals surface area contributed by atoms with E-state index in [9.17, 15) is 4.79 Å². The maximum absolute atomic E-state index is 10.3. The van der Waals surface area contributed by atoms with Crippen molar-refractivity contribution in [2.75, 3.05) is 32.7 Å². The predicted octanol–water partition coefficient (Wildman–Crippen LogP) is -1.19. The molecule has 0 saturated carbocycles. The van der Waals surface area contributed by atoms with E-state index >= 15 is 0 Å². The first-order chi connectivity index (χ1) is 5.88. The number of carbonyl (C=O) groups excluding carboxylic acids is 1. The molecule has 12 heavy (non-hydrogen) atoms. The van der Waals surface area contributed by atoms with Crippen LogP contribution in [0.2, 0.25) is 0 Å². The Hall–Kier alpha value is -0.450. The van der Waals surface area contributed by atoms with Gasteiger partial charge in [-0.25, -0.2) is 0 Å². The van der Waals surface area contributed by atoms with E-state index in [2.05, 4.69) is 10.2 Å². The minimum absolute atomic E-state index is 0.254. The molecule has 1 heterocycles. The summed E-state index contributed by atoms with van der Waals surface area (Å²) in [6.07, 6.45) is 1.52. The summed E-state index contributed by atoms with van der Waals surface area (Å²) in [5.74, 6) is 0. The highest BCUT2D eigenvalue weighted by Gasteiger charge is 2.17. The summed E-state index contributed by atoms with van der Waals surface area (Å²) in [5, 5.41) is 3.26. The second kappa shape index (κ2) is 5.24. The van der Waals surface area contributed by atoms with Crippen LogP contribution in [0.5, 0.6) is 0 Å². The molecule has 1 atom stereocenters. The molecule has 0 aliphatic carbocycles. The maximum Gasteiger partial charge on any atom is 0.121 e. The normalized spacial score (nSPS) is 22.1. The van der Waals surface area contributed by atoms with Gasteiger partial charge in [-0.05, 0) is 0 Å². The number of nitrogens with zero attached hydrogens (tertiary/aromatic N) is 1. The fourth-order valence-corrected chi connectivity index (χ4v) is 1.55. The molecule has 0 radical (unpaired) electrons. The van der Waals surface area contributed by atoms with Crippen LogP contribution >= 0.6 is 0 Å². The van der Waals surface area contributed by atoms with Gasteiger partial charge in [0.15, 0.2) is 0 Å². The van der Waals surface area contributed by atoms with E-state index in [4.69, 9.17) is 5.73 Å². The number of rotatable bonds is 4. The third-order valence-corrected chi connectivity index (χ3v) is 2.31. The first kappa shape index (κ1) is 9.64. The average molecular weight is 171 g/mol. The van der Waals surface area contributed by atoms with Gasteiger partial charge in [-0.1, -0.05) is 0 Å². The monoisotopic (exact) mass is 171 g/mol. The fourth-order valence-electron chi connectivity index (χ4n) is 1.55. The Morgan fingerprint density at radius 2 is 2.17 bits per heavy atom. The molecule has 4 nitrogen and oxygen atoms in total. The van der Waals surface area contributed by atoms with E-state index < -0.39 is 0 Å². The Balaban J connectivity index is 2.34. The van der Waals surface area contributed by atoms with Crippen molar-refractivity contribution < 1.29 is 4.79 Å². The summed E-state index contributed by atoms with van der Waals surface area (Å²) in [4.78, 5) is 12.6. The Kier molecular flexibility index (Phi) is 4.21. The number of piperazine rings is 1. The van der Waals surface area contributed by atoms with E-state index in [1.54, 1.807) is 0 Å². The van der Waals surface area contributed by atoms with E-state index in [1.807, 2.05) is 0 Å². The molecule has 1 unspecified atom stereocenters. The van der Waals surface area contributed by atoms with Crippen LogP contribution in [0.15, 0.2) is 0 Å². The lowest BCUT2D eigenvalue weighted by molar-refractivity contribution is -0.108. The van der Waals surface area contributed by atoms with Gasteiger partial charge in [0.2, 0.25) is 0 Å². The second-order valence-electron chi connectivity index (χ2n) is 3.08. The molecule has 1 aliphatic heterocycles. The van der Waals surface area contributed by atoms with Gasteiger partial charge in [0, 0.05) is 45.2 Å². The molecule has 0 aromatic rings. The van der Waals surface area contributed by atoms with Gasteiger partial charge in [-0.15, -0.1) is 0 Å². The molecule has 0 amide bonds. The van der Waals surface area contributed by atoms with Crippen LogP contribution in [-0.2, 0) is 4.79 Å². The summed E-state index contributed by atoms with van der Waals surface area (Å²) >= 11 is 0. The maximum atomic E-state index is 10.3. The molecule has 0 aromatic carbocycles. The van der Waals surface area contributed by atoms with Crippen molar-refractivity contribution in [2.24, 2.45) is 5.73 Å². The minimum Gasteiger partial charge on any atom is -0.329 e. The first-order valence-electron chi connectivity index (χ1n) is 4.47. The molecule has 1 fully saturated rings. The lowest BCUT2D eigenvalue weighted by Crippen LogP contribution is -2.50. The van der Waals surface area contributed by atoms with Gasteiger partial charge in [-0.2, -0.15) is 0 Å². The van der Waals surface area contributed by atoms with E-state index in [-0.39, 0.29) is 6.04 Å². The Labute approximate surface area is 73.1 Å². The van der Waals surface area contributed by atoms with Gasteiger partial charge in [-0.3, -0.25) is 4.90 Å². The van der Waals surface area contributed by atoms with Crippen LogP contribution in [0.4, 0.5) is 0 Å². The summed E-state index contributed by atoms with van der Waals surface area (Å²) in [6.45, 7) is 4.62. The third kappa shape index (κ3) is 2.55. The second-order valence-corrected chi connectivity index (χ2v) is 3.08. The highest BCUT2D eigenvalue weighted by Crippen LogP contribution is 2.02. The molecule has 4 heteroatoms. The quantitative estimate of drug-likeness (QED) is 0.522. The van der Waals surface area contributed by atoms with Crippen molar-refractivity contribution in [2.45, 2.75) is 12.5 Å². The molecular weight excluding hydrogens is 154 g/mol. The summed E-state index contributed by atoms with van der Waals surface area (Å²) in [6, 6.07) is 0.254. The lowest BCUT2D eigenvalue weighted by Gasteiger charge is -2.33. The first-order valence-corrected chi connectivity index (χ1v) is 4.47. The van der Waals surface area contributed by atoms with Crippen LogP contribution < -0.4 is 11.1 Å². The number of nitrogens with one attached hydrogen (secondary N) is 1. The highest BCUT2D eigenvalue weighted by atomic mass is 16.1. The number of nitrogens with two attached hydrogens (primary N) is 1. The minimum atomic E-state index is 0.254. The highest BCUT2D eigenvalue weighted by molar-refractivity contribution is 5.50. The Morgan fingerprint density at radius 3 is 2.67 bits per heavy atom. The van der Waals surface area contributed by atoms with Gasteiger partial charge < -0.3 is 15.8 Å². The number of carbonyl (C=O) groups is 1. The standard InChI is InChI=1S/C8H17N3O/c9-7-8(1-6-12)11-4-2-10-3-5-11/h6,8,10H,1-5,7,9H2. The largest absolute Gasteiger partial charge is 0.329 e. The topological polar surface area (TPSA) is 58.4 Å². The fraction of sp³-hybridized carbons (Fsp3) is 0.875. The van der Waals surface area contributed by atoms with Crippen LogP contribution in [0, 0.1) is 0 Å². The zero-order valence-corrected chi connectivity index (χ0v) is 7.33.